The number of ether oxygens (including phenoxy) is 1. The largest absolute Gasteiger partial charge is 0.500 e. The number of rotatable bonds is 1. The first-order chi connectivity index (χ1) is 5.55. The van der Waals surface area contributed by atoms with Gasteiger partial charge in [-0.15, -0.1) is 0 Å². The third-order valence-corrected chi connectivity index (χ3v) is 1.68. The van der Waals surface area contributed by atoms with Crippen molar-refractivity contribution < 1.29 is 17.9 Å². The van der Waals surface area contributed by atoms with E-state index in [0.717, 1.165) is 6.08 Å². The maximum Gasteiger partial charge on any atom is 0.402 e. The van der Waals surface area contributed by atoms with Gasteiger partial charge in [0.2, 0.25) is 0 Å². The molecule has 1 atom stereocenters. The predicted octanol–water partition coefficient (Wildman–Crippen LogP) is 2.66. The normalized spacial score (nSPS) is 23.7. The van der Waals surface area contributed by atoms with Crippen LogP contribution in [-0.4, -0.2) is 13.3 Å². The summed E-state index contributed by atoms with van der Waals surface area (Å²) in [6.07, 6.45) is 0.326. The van der Waals surface area contributed by atoms with Gasteiger partial charge in [-0.25, -0.2) is 0 Å². The molecule has 0 spiro atoms. The van der Waals surface area contributed by atoms with Gasteiger partial charge in [0.15, 0.2) is 0 Å². The number of alkyl halides is 3. The lowest BCUT2D eigenvalue weighted by Gasteiger charge is -2.21. The minimum Gasteiger partial charge on any atom is -0.500 e. The van der Waals surface area contributed by atoms with E-state index in [0.29, 0.717) is 6.42 Å². The minimum absolute atomic E-state index is 0.00926. The number of hydrogen-bond acceptors (Lipinski definition) is 1. The van der Waals surface area contributed by atoms with E-state index in [4.69, 9.17) is 0 Å². The average molecular weight is 178 g/mol. The van der Waals surface area contributed by atoms with Crippen molar-refractivity contribution in [1.82, 2.24) is 0 Å². The van der Waals surface area contributed by atoms with Crippen LogP contribution in [0.5, 0.6) is 0 Å². The number of hydrogen-bond donors (Lipinski definition) is 0. The van der Waals surface area contributed by atoms with Crippen LogP contribution >= 0.6 is 0 Å². The summed E-state index contributed by atoms with van der Waals surface area (Å²) >= 11 is 0. The lowest BCUT2D eigenvalue weighted by Crippen LogP contribution is -2.24. The maximum absolute atomic E-state index is 12.2. The minimum atomic E-state index is -4.24. The Bertz CT molecular complexity index is 215. The van der Waals surface area contributed by atoms with Crippen molar-refractivity contribution >= 4 is 0 Å². The van der Waals surface area contributed by atoms with E-state index in [2.05, 4.69) is 4.74 Å². The standard InChI is InChI=1S/C8H9F3O/c1-12-7-5-3-2-4-6(7)8(9,10)11/h2,4-6H,3H2,1H3. The Morgan fingerprint density at radius 2 is 2.17 bits per heavy atom. The molecule has 4 heteroatoms. The molecule has 1 unspecified atom stereocenters. The molecule has 0 saturated carbocycles. The molecule has 1 aliphatic rings. The zero-order valence-electron chi connectivity index (χ0n) is 6.56. The third kappa shape index (κ3) is 1.81. The highest BCUT2D eigenvalue weighted by Gasteiger charge is 2.41. The summed E-state index contributed by atoms with van der Waals surface area (Å²) in [5.74, 6) is -1.57. The SMILES string of the molecule is COC1=CCC=CC1C(F)(F)F. The first-order valence-corrected chi connectivity index (χ1v) is 3.53. The van der Waals surface area contributed by atoms with Gasteiger partial charge in [0.05, 0.1) is 7.11 Å². The fourth-order valence-corrected chi connectivity index (χ4v) is 1.10. The van der Waals surface area contributed by atoms with Crippen molar-refractivity contribution in [2.45, 2.75) is 12.6 Å². The van der Waals surface area contributed by atoms with Gasteiger partial charge in [-0.05, 0) is 12.5 Å². The molecule has 0 fully saturated rings. The molecule has 68 valence electrons. The molecule has 0 aromatic heterocycles. The van der Waals surface area contributed by atoms with Crippen LogP contribution in [0.15, 0.2) is 24.0 Å². The molecule has 0 aromatic rings. The second-order valence-electron chi connectivity index (χ2n) is 2.49. The van der Waals surface area contributed by atoms with Gasteiger partial charge in [-0.3, -0.25) is 0 Å². The Hall–Kier alpha value is -0.930. The van der Waals surface area contributed by atoms with Crippen LogP contribution in [0.3, 0.4) is 0 Å². The fraction of sp³-hybridized carbons (Fsp3) is 0.500. The average Bonchev–Trinajstić information content (AvgIpc) is 2.03. The topological polar surface area (TPSA) is 9.23 Å². The molecule has 0 N–H and O–H groups in total. The van der Waals surface area contributed by atoms with Gasteiger partial charge in [-0.2, -0.15) is 13.2 Å². The molecule has 12 heavy (non-hydrogen) atoms. The highest BCUT2D eigenvalue weighted by atomic mass is 19.4. The summed E-state index contributed by atoms with van der Waals surface area (Å²) in [5.41, 5.74) is 0. The molecule has 0 radical (unpaired) electrons. The van der Waals surface area contributed by atoms with Crippen LogP contribution in [0.4, 0.5) is 13.2 Å². The lowest BCUT2D eigenvalue weighted by atomic mass is 10.0. The van der Waals surface area contributed by atoms with E-state index in [1.54, 1.807) is 0 Å². The van der Waals surface area contributed by atoms with E-state index in [1.165, 1.54) is 19.3 Å². The summed E-state index contributed by atoms with van der Waals surface area (Å²) in [6, 6.07) is 0. The smallest absolute Gasteiger partial charge is 0.402 e. The van der Waals surface area contributed by atoms with Crippen LogP contribution in [0.25, 0.3) is 0 Å². The molecule has 0 saturated heterocycles. The first-order valence-electron chi connectivity index (χ1n) is 3.53. The van der Waals surface area contributed by atoms with Gasteiger partial charge in [0.25, 0.3) is 0 Å². The van der Waals surface area contributed by atoms with Crippen molar-refractivity contribution in [2.24, 2.45) is 5.92 Å². The highest BCUT2D eigenvalue weighted by molar-refractivity contribution is 5.17. The monoisotopic (exact) mass is 178 g/mol. The molecular weight excluding hydrogens is 169 g/mol. The Morgan fingerprint density at radius 3 is 2.58 bits per heavy atom. The molecule has 0 heterocycles. The van der Waals surface area contributed by atoms with Gasteiger partial charge in [-0.1, -0.05) is 12.2 Å². The van der Waals surface area contributed by atoms with E-state index < -0.39 is 12.1 Å². The quantitative estimate of drug-likeness (QED) is 0.561. The summed E-state index contributed by atoms with van der Waals surface area (Å²) in [5, 5.41) is 0. The number of halogens is 3. The summed E-state index contributed by atoms with van der Waals surface area (Å²) in [4.78, 5) is 0. The van der Waals surface area contributed by atoms with E-state index in [1.807, 2.05) is 0 Å². The number of allylic oxidation sites excluding steroid dienone is 3. The molecule has 0 bridgehead atoms. The lowest BCUT2D eigenvalue weighted by molar-refractivity contribution is -0.159. The molecular formula is C8H9F3O. The van der Waals surface area contributed by atoms with E-state index in [9.17, 15) is 13.2 Å². The number of methoxy groups -OCH3 is 1. The molecule has 1 aliphatic carbocycles. The van der Waals surface area contributed by atoms with Gasteiger partial charge in [0, 0.05) is 0 Å². The van der Waals surface area contributed by atoms with Crippen LogP contribution in [0.1, 0.15) is 6.42 Å². The van der Waals surface area contributed by atoms with Crippen molar-refractivity contribution in [3.8, 4) is 0 Å². The van der Waals surface area contributed by atoms with Crippen LogP contribution in [-0.2, 0) is 4.74 Å². The zero-order valence-corrected chi connectivity index (χ0v) is 6.56. The second kappa shape index (κ2) is 3.21. The van der Waals surface area contributed by atoms with Crippen molar-refractivity contribution in [1.29, 1.82) is 0 Å². The van der Waals surface area contributed by atoms with Crippen LogP contribution in [0, 0.1) is 5.92 Å². The van der Waals surface area contributed by atoms with Gasteiger partial charge >= 0.3 is 6.18 Å². The molecule has 0 amide bonds. The van der Waals surface area contributed by atoms with Crippen LogP contribution in [0.2, 0.25) is 0 Å². The highest BCUT2D eigenvalue weighted by Crippen LogP contribution is 2.35. The summed E-state index contributed by atoms with van der Waals surface area (Å²) < 4.78 is 41.2. The first kappa shape index (κ1) is 9.16. The van der Waals surface area contributed by atoms with Gasteiger partial charge in [0.1, 0.15) is 11.7 Å². The zero-order chi connectivity index (χ0) is 9.19. The Kier molecular flexibility index (Phi) is 2.45. The van der Waals surface area contributed by atoms with Crippen LogP contribution < -0.4 is 0 Å². The summed E-state index contributed by atoms with van der Waals surface area (Å²) in [6.45, 7) is 0. The Labute approximate surface area is 68.5 Å². The fourth-order valence-electron chi connectivity index (χ4n) is 1.10. The maximum atomic E-state index is 12.2. The molecule has 1 nitrogen and oxygen atoms in total. The summed E-state index contributed by atoms with van der Waals surface area (Å²) in [7, 11) is 1.25. The molecule has 0 aliphatic heterocycles. The van der Waals surface area contributed by atoms with Crippen molar-refractivity contribution in [3.05, 3.63) is 24.0 Å². The molecule has 1 rings (SSSR count). The molecule has 0 aromatic carbocycles. The Balaban J connectivity index is 2.80. The third-order valence-electron chi connectivity index (χ3n) is 1.68. The second-order valence-corrected chi connectivity index (χ2v) is 2.49. The Morgan fingerprint density at radius 1 is 1.50 bits per heavy atom. The van der Waals surface area contributed by atoms with E-state index >= 15 is 0 Å². The van der Waals surface area contributed by atoms with Crippen molar-refractivity contribution in [3.63, 3.8) is 0 Å². The predicted molar refractivity (Wildman–Crippen MR) is 38.4 cm³/mol. The van der Waals surface area contributed by atoms with Crippen molar-refractivity contribution in [2.75, 3.05) is 7.11 Å². The van der Waals surface area contributed by atoms with Gasteiger partial charge < -0.3 is 4.74 Å². The van der Waals surface area contributed by atoms with E-state index in [-0.39, 0.29) is 5.76 Å².